The Morgan fingerprint density at radius 2 is 2.36 bits per heavy atom. The lowest BCUT2D eigenvalue weighted by Crippen LogP contribution is -2.20. The molecule has 1 atom stereocenters. The summed E-state index contributed by atoms with van der Waals surface area (Å²) >= 11 is 1.43. The van der Waals surface area contributed by atoms with Crippen LogP contribution in [0.1, 0.15) is 6.92 Å². The molecule has 0 aliphatic rings. The van der Waals surface area contributed by atoms with Crippen molar-refractivity contribution < 1.29 is 5.11 Å². The molecule has 0 spiro atoms. The summed E-state index contributed by atoms with van der Waals surface area (Å²) < 4.78 is 0. The molecule has 1 rings (SSSR count). The van der Waals surface area contributed by atoms with E-state index < -0.39 is 0 Å². The van der Waals surface area contributed by atoms with Gasteiger partial charge in [0, 0.05) is 12.1 Å². The molecule has 0 saturated carbocycles. The van der Waals surface area contributed by atoms with Crippen LogP contribution in [0.3, 0.4) is 0 Å². The molecule has 6 heteroatoms. The first-order chi connectivity index (χ1) is 6.65. The van der Waals surface area contributed by atoms with Crippen LogP contribution in [-0.4, -0.2) is 34.0 Å². The van der Waals surface area contributed by atoms with Gasteiger partial charge in [0.25, 0.3) is 0 Å². The van der Waals surface area contributed by atoms with Crippen LogP contribution in [0.25, 0.3) is 0 Å². The number of rotatable bonds is 4. The highest BCUT2D eigenvalue weighted by Gasteiger charge is 2.04. The Labute approximate surface area is 87.1 Å². The molecule has 78 valence electrons. The topological polar surface area (TPSA) is 84.1 Å². The van der Waals surface area contributed by atoms with E-state index in [1.54, 1.807) is 6.07 Å². The van der Waals surface area contributed by atoms with E-state index in [1.807, 2.05) is 13.2 Å². The van der Waals surface area contributed by atoms with Gasteiger partial charge in [0.2, 0.25) is 0 Å². The summed E-state index contributed by atoms with van der Waals surface area (Å²) in [5, 5.41) is 12.5. The number of thioether (sulfide) groups is 1. The molecule has 4 N–H and O–H groups in total. The molecule has 1 aromatic rings. The van der Waals surface area contributed by atoms with E-state index in [-0.39, 0.29) is 12.6 Å². The van der Waals surface area contributed by atoms with Crippen LogP contribution >= 0.6 is 11.8 Å². The van der Waals surface area contributed by atoms with Gasteiger partial charge in [-0.3, -0.25) is 0 Å². The monoisotopic (exact) mass is 214 g/mol. The van der Waals surface area contributed by atoms with Crippen LogP contribution in [0.4, 0.5) is 11.6 Å². The van der Waals surface area contributed by atoms with Crippen molar-refractivity contribution in [3.8, 4) is 0 Å². The Bertz CT molecular complexity index is 307. The summed E-state index contributed by atoms with van der Waals surface area (Å²) in [7, 11) is 0. The Hall–Kier alpha value is -1.01. The molecule has 0 aromatic carbocycles. The third kappa shape index (κ3) is 3.04. The first-order valence-corrected chi connectivity index (χ1v) is 5.44. The van der Waals surface area contributed by atoms with Gasteiger partial charge in [-0.2, -0.15) is 0 Å². The predicted octanol–water partition coefficient (Wildman–Crippen LogP) is 0.573. The van der Waals surface area contributed by atoms with Crippen LogP contribution < -0.4 is 11.1 Å². The third-order valence-corrected chi connectivity index (χ3v) is 2.12. The number of aromatic nitrogens is 2. The number of nitrogens with two attached hydrogens (primary N) is 1. The summed E-state index contributed by atoms with van der Waals surface area (Å²) in [5.74, 6) is 1.07. The van der Waals surface area contributed by atoms with Crippen molar-refractivity contribution in [1.82, 2.24) is 9.97 Å². The molecule has 0 fully saturated rings. The van der Waals surface area contributed by atoms with Crippen molar-refractivity contribution >= 4 is 23.4 Å². The zero-order valence-corrected chi connectivity index (χ0v) is 9.01. The minimum Gasteiger partial charge on any atom is -0.394 e. The molecule has 0 amide bonds. The number of aliphatic hydroxyl groups excluding tert-OH is 1. The second-order valence-electron chi connectivity index (χ2n) is 2.89. The second kappa shape index (κ2) is 5.02. The van der Waals surface area contributed by atoms with Gasteiger partial charge in [-0.1, -0.05) is 11.8 Å². The smallest absolute Gasteiger partial charge is 0.191 e. The van der Waals surface area contributed by atoms with Crippen LogP contribution in [0.15, 0.2) is 11.2 Å². The van der Waals surface area contributed by atoms with E-state index >= 15 is 0 Å². The Morgan fingerprint density at radius 3 is 2.93 bits per heavy atom. The molecular formula is C8H14N4OS. The average Bonchev–Trinajstić information content (AvgIpc) is 2.16. The zero-order chi connectivity index (χ0) is 10.6. The molecular weight excluding hydrogens is 200 g/mol. The summed E-state index contributed by atoms with van der Waals surface area (Å²) in [6.07, 6.45) is 1.88. The van der Waals surface area contributed by atoms with Crippen molar-refractivity contribution in [2.45, 2.75) is 18.1 Å². The first kappa shape index (κ1) is 11.1. The van der Waals surface area contributed by atoms with Crippen LogP contribution in [0, 0.1) is 0 Å². The number of aliphatic hydroxyl groups is 1. The number of nitrogens with one attached hydrogen (secondary N) is 1. The summed E-state index contributed by atoms with van der Waals surface area (Å²) in [6, 6.07) is 1.60. The van der Waals surface area contributed by atoms with Gasteiger partial charge >= 0.3 is 0 Å². The van der Waals surface area contributed by atoms with Crippen molar-refractivity contribution in [2.24, 2.45) is 0 Å². The second-order valence-corrected chi connectivity index (χ2v) is 3.67. The average molecular weight is 214 g/mol. The highest BCUT2D eigenvalue weighted by Crippen LogP contribution is 2.15. The number of nitrogens with zero attached hydrogens (tertiary/aromatic N) is 2. The minimum absolute atomic E-state index is 0.0426. The molecule has 1 aromatic heterocycles. The van der Waals surface area contributed by atoms with Crippen molar-refractivity contribution in [3.05, 3.63) is 6.07 Å². The zero-order valence-electron chi connectivity index (χ0n) is 8.19. The van der Waals surface area contributed by atoms with Crippen molar-refractivity contribution in [1.29, 1.82) is 0 Å². The predicted molar refractivity (Wildman–Crippen MR) is 58.4 cm³/mol. The summed E-state index contributed by atoms with van der Waals surface area (Å²) in [6.45, 7) is 1.91. The van der Waals surface area contributed by atoms with E-state index in [0.717, 1.165) is 0 Å². The first-order valence-electron chi connectivity index (χ1n) is 4.21. The van der Waals surface area contributed by atoms with E-state index in [9.17, 15) is 0 Å². The lowest BCUT2D eigenvalue weighted by molar-refractivity contribution is 0.281. The molecule has 14 heavy (non-hydrogen) atoms. The quantitative estimate of drug-likeness (QED) is 0.502. The van der Waals surface area contributed by atoms with Gasteiger partial charge < -0.3 is 16.2 Å². The SMILES string of the molecule is CSc1nc(N)cc(NC(C)CO)n1. The van der Waals surface area contributed by atoms with Crippen molar-refractivity contribution in [2.75, 3.05) is 23.9 Å². The molecule has 1 heterocycles. The Balaban J connectivity index is 2.81. The highest BCUT2D eigenvalue weighted by atomic mass is 32.2. The van der Waals surface area contributed by atoms with Gasteiger partial charge in [-0.25, -0.2) is 9.97 Å². The number of hydrogen-bond acceptors (Lipinski definition) is 6. The van der Waals surface area contributed by atoms with Crippen LogP contribution in [0.5, 0.6) is 0 Å². The summed E-state index contributed by atoms with van der Waals surface area (Å²) in [4.78, 5) is 8.20. The van der Waals surface area contributed by atoms with Crippen molar-refractivity contribution in [3.63, 3.8) is 0 Å². The molecule has 5 nitrogen and oxygen atoms in total. The van der Waals surface area contributed by atoms with E-state index in [1.165, 1.54) is 11.8 Å². The molecule has 0 aliphatic heterocycles. The Morgan fingerprint density at radius 1 is 1.64 bits per heavy atom. The van der Waals surface area contributed by atoms with Gasteiger partial charge in [0.1, 0.15) is 11.6 Å². The number of anilines is 2. The van der Waals surface area contributed by atoms with E-state index in [0.29, 0.717) is 16.8 Å². The van der Waals surface area contributed by atoms with E-state index in [2.05, 4.69) is 15.3 Å². The molecule has 0 aliphatic carbocycles. The fourth-order valence-electron chi connectivity index (χ4n) is 0.906. The van der Waals surface area contributed by atoms with Gasteiger partial charge in [-0.05, 0) is 13.2 Å². The van der Waals surface area contributed by atoms with Crippen LogP contribution in [-0.2, 0) is 0 Å². The normalized spacial score (nSPS) is 12.5. The minimum atomic E-state index is -0.0426. The Kier molecular flexibility index (Phi) is 3.97. The maximum absolute atomic E-state index is 8.85. The maximum Gasteiger partial charge on any atom is 0.191 e. The fourth-order valence-corrected chi connectivity index (χ4v) is 1.29. The molecule has 0 saturated heterocycles. The van der Waals surface area contributed by atoms with E-state index in [4.69, 9.17) is 10.8 Å². The molecule has 1 unspecified atom stereocenters. The van der Waals surface area contributed by atoms with Gasteiger partial charge in [0.15, 0.2) is 5.16 Å². The maximum atomic E-state index is 8.85. The highest BCUT2D eigenvalue weighted by molar-refractivity contribution is 7.98. The fraction of sp³-hybridized carbons (Fsp3) is 0.500. The lowest BCUT2D eigenvalue weighted by atomic mass is 10.3. The molecule has 0 bridgehead atoms. The third-order valence-electron chi connectivity index (χ3n) is 1.58. The number of nitrogen functional groups attached to an aromatic ring is 1. The number of hydrogen-bond donors (Lipinski definition) is 3. The lowest BCUT2D eigenvalue weighted by Gasteiger charge is -2.11. The van der Waals surface area contributed by atoms with Crippen LogP contribution in [0.2, 0.25) is 0 Å². The van der Waals surface area contributed by atoms with Gasteiger partial charge in [-0.15, -0.1) is 0 Å². The molecule has 0 radical (unpaired) electrons. The largest absolute Gasteiger partial charge is 0.394 e. The standard InChI is InChI=1S/C8H14N4OS/c1-5(4-13)10-7-3-6(9)11-8(12-7)14-2/h3,5,13H,4H2,1-2H3,(H3,9,10,11,12). The van der Waals surface area contributed by atoms with Gasteiger partial charge in [0.05, 0.1) is 6.61 Å². The summed E-state index contributed by atoms with van der Waals surface area (Å²) in [5.41, 5.74) is 5.59.